The summed E-state index contributed by atoms with van der Waals surface area (Å²) in [7, 11) is 0. The lowest BCUT2D eigenvalue weighted by molar-refractivity contribution is -0.139. The maximum Gasteiger partial charge on any atom is 0.322 e. The van der Waals surface area contributed by atoms with Crippen molar-refractivity contribution in [2.24, 2.45) is 11.1 Å². The highest BCUT2D eigenvalue weighted by Crippen LogP contribution is 2.51. The summed E-state index contributed by atoms with van der Waals surface area (Å²) in [6.45, 7) is 3.35. The van der Waals surface area contributed by atoms with Crippen molar-refractivity contribution in [2.45, 2.75) is 56.9 Å². The van der Waals surface area contributed by atoms with Gasteiger partial charge >= 0.3 is 11.9 Å². The zero-order valence-corrected chi connectivity index (χ0v) is 21.4. The van der Waals surface area contributed by atoms with Gasteiger partial charge in [0.1, 0.15) is 30.1 Å². The monoisotopic (exact) mass is 533 g/mol. The van der Waals surface area contributed by atoms with E-state index in [1.165, 1.54) is 11.8 Å². The quantitative estimate of drug-likeness (QED) is 0.278. The van der Waals surface area contributed by atoms with E-state index in [1.54, 1.807) is 0 Å². The number of fused-ring (bicyclic) bond motifs is 1. The van der Waals surface area contributed by atoms with Gasteiger partial charge in [-0.2, -0.15) is 0 Å². The molecule has 1 aromatic carbocycles. The van der Waals surface area contributed by atoms with E-state index >= 15 is 0 Å². The van der Waals surface area contributed by atoms with Crippen molar-refractivity contribution >= 4 is 41.3 Å². The number of benzene rings is 1. The molecule has 2 aliphatic rings. The third-order valence-corrected chi connectivity index (χ3v) is 7.42. The van der Waals surface area contributed by atoms with E-state index in [0.717, 1.165) is 5.56 Å². The van der Waals surface area contributed by atoms with E-state index in [2.05, 4.69) is 10.6 Å². The van der Waals surface area contributed by atoms with Crippen LogP contribution < -0.4 is 21.1 Å². The minimum absolute atomic E-state index is 0.0225. The Hall–Kier alpha value is -3.38. The second kappa shape index (κ2) is 11.8. The number of carbonyl (C=O) groups is 5. The van der Waals surface area contributed by atoms with E-state index in [0.29, 0.717) is 29.9 Å². The summed E-state index contributed by atoms with van der Waals surface area (Å²) in [5.74, 6) is -2.62. The topological polar surface area (TPSA) is 185 Å². The number of ketones is 1. The number of carbonyl (C=O) groups excluding carboxylic acids is 3. The number of rotatable bonds is 11. The van der Waals surface area contributed by atoms with Gasteiger partial charge < -0.3 is 31.3 Å². The molecule has 0 radical (unpaired) electrons. The Morgan fingerprint density at radius 1 is 1.19 bits per heavy atom. The number of hydrogen-bond acceptors (Lipinski definition) is 8. The molecule has 3 rings (SSSR count). The smallest absolute Gasteiger partial charge is 0.322 e. The van der Waals surface area contributed by atoms with Crippen LogP contribution in [-0.4, -0.2) is 64.1 Å². The number of allylic oxidation sites excluding steroid dienone is 1. The van der Waals surface area contributed by atoms with Crippen LogP contribution in [0.3, 0.4) is 0 Å². The van der Waals surface area contributed by atoms with Gasteiger partial charge in [0, 0.05) is 30.6 Å². The van der Waals surface area contributed by atoms with Gasteiger partial charge in [0.25, 0.3) is 0 Å². The standard InChI is InChI=1S/C25H31N3O8S/c1-25(2)9-16(29)21-18(10-25)36-17-6-4-3-5-13(17)22(21)37-12-15(23(33)27-11-20(31)32)28-19(30)8-7-14(26)24(34)35/h3-6,14-15,22H,7-12,26H2,1-2H3,(H,27,33)(H,28,30)(H,31,32)(H,34,35)/t14-,15-,22?/m0/s1. The molecule has 1 aromatic rings. The first kappa shape index (κ1) is 28.2. The Morgan fingerprint density at radius 2 is 1.89 bits per heavy atom. The molecule has 37 heavy (non-hydrogen) atoms. The third kappa shape index (κ3) is 7.32. The van der Waals surface area contributed by atoms with Gasteiger partial charge in [-0.3, -0.25) is 24.0 Å². The van der Waals surface area contributed by atoms with E-state index in [9.17, 15) is 24.0 Å². The van der Waals surface area contributed by atoms with Crippen molar-refractivity contribution < 1.29 is 38.9 Å². The molecule has 200 valence electrons. The Labute approximate surface area is 218 Å². The molecule has 1 heterocycles. The predicted molar refractivity (Wildman–Crippen MR) is 135 cm³/mol. The molecule has 2 amide bonds. The molecule has 0 spiro atoms. The Morgan fingerprint density at radius 3 is 2.57 bits per heavy atom. The summed E-state index contributed by atoms with van der Waals surface area (Å²) in [4.78, 5) is 60.3. The number of nitrogens with one attached hydrogen (secondary N) is 2. The number of carboxylic acid groups (broad SMARTS) is 2. The number of amides is 2. The van der Waals surface area contributed by atoms with Gasteiger partial charge in [-0.05, 0) is 17.9 Å². The maximum atomic E-state index is 13.2. The van der Waals surface area contributed by atoms with Gasteiger partial charge in [0.2, 0.25) is 11.8 Å². The van der Waals surface area contributed by atoms with E-state index in [-0.39, 0.29) is 29.8 Å². The lowest BCUT2D eigenvalue weighted by Gasteiger charge is -2.38. The normalized spacial score (nSPS) is 19.5. The summed E-state index contributed by atoms with van der Waals surface area (Å²) >= 11 is 1.27. The van der Waals surface area contributed by atoms with Crippen LogP contribution in [-0.2, 0) is 24.0 Å². The number of nitrogens with two attached hydrogens (primary N) is 1. The fourth-order valence-corrected chi connectivity index (χ4v) is 5.67. The van der Waals surface area contributed by atoms with E-state index in [1.807, 2.05) is 38.1 Å². The Balaban J connectivity index is 1.81. The number of thioether (sulfide) groups is 1. The third-order valence-electron chi connectivity index (χ3n) is 6.07. The van der Waals surface area contributed by atoms with Crippen LogP contribution in [0, 0.1) is 5.41 Å². The largest absolute Gasteiger partial charge is 0.480 e. The summed E-state index contributed by atoms with van der Waals surface area (Å²) in [6.07, 6.45) is 0.551. The highest BCUT2D eigenvalue weighted by molar-refractivity contribution is 7.99. The first-order valence-electron chi connectivity index (χ1n) is 11.8. The minimum atomic E-state index is -1.25. The number of para-hydroxylation sites is 1. The number of ether oxygens (including phenoxy) is 1. The first-order valence-corrected chi connectivity index (χ1v) is 12.8. The zero-order chi connectivity index (χ0) is 27.3. The SMILES string of the molecule is CC1(C)CC(=O)C2=C(C1)Oc1ccccc1C2SC[C@H](NC(=O)CC[C@H](N)C(=O)O)C(=O)NCC(=O)O. The lowest BCUT2D eigenvalue weighted by Crippen LogP contribution is -2.49. The van der Waals surface area contributed by atoms with Crippen LogP contribution in [0.15, 0.2) is 35.6 Å². The van der Waals surface area contributed by atoms with Gasteiger partial charge in [0.15, 0.2) is 5.78 Å². The highest BCUT2D eigenvalue weighted by atomic mass is 32.2. The fourth-order valence-electron chi connectivity index (χ4n) is 4.25. The highest BCUT2D eigenvalue weighted by Gasteiger charge is 2.42. The summed E-state index contributed by atoms with van der Waals surface area (Å²) in [6, 6.07) is 4.94. The molecule has 3 atom stereocenters. The van der Waals surface area contributed by atoms with Gasteiger partial charge in [-0.25, -0.2) is 0 Å². The molecule has 0 saturated heterocycles. The molecular weight excluding hydrogens is 502 g/mol. The molecule has 0 bridgehead atoms. The summed E-state index contributed by atoms with van der Waals surface area (Å²) in [5, 5.41) is 22.2. The zero-order valence-electron chi connectivity index (χ0n) is 20.6. The second-order valence-electron chi connectivity index (χ2n) is 9.85. The van der Waals surface area contributed by atoms with Gasteiger partial charge in [0.05, 0.1) is 10.8 Å². The molecule has 0 aromatic heterocycles. The molecule has 1 aliphatic heterocycles. The second-order valence-corrected chi connectivity index (χ2v) is 11.0. The number of hydrogen-bond donors (Lipinski definition) is 5. The van der Waals surface area contributed by atoms with Crippen molar-refractivity contribution in [3.05, 3.63) is 41.2 Å². The summed E-state index contributed by atoms with van der Waals surface area (Å²) < 4.78 is 6.10. The van der Waals surface area contributed by atoms with Gasteiger partial charge in [-0.15, -0.1) is 11.8 Å². The van der Waals surface area contributed by atoms with Gasteiger partial charge in [-0.1, -0.05) is 32.0 Å². The van der Waals surface area contributed by atoms with Crippen molar-refractivity contribution in [3.8, 4) is 5.75 Å². The van der Waals surface area contributed by atoms with E-state index in [4.69, 9.17) is 20.7 Å². The van der Waals surface area contributed by atoms with Crippen LogP contribution in [0.1, 0.15) is 50.3 Å². The molecule has 6 N–H and O–H groups in total. The van der Waals surface area contributed by atoms with Crippen LogP contribution in [0.4, 0.5) is 0 Å². The molecule has 1 unspecified atom stereocenters. The lowest BCUT2D eigenvalue weighted by atomic mass is 9.74. The van der Waals surface area contributed by atoms with Crippen molar-refractivity contribution in [1.82, 2.24) is 10.6 Å². The van der Waals surface area contributed by atoms with Crippen molar-refractivity contribution in [3.63, 3.8) is 0 Å². The first-order chi connectivity index (χ1) is 17.4. The maximum absolute atomic E-state index is 13.2. The fraction of sp³-hybridized carbons (Fsp3) is 0.480. The molecule has 1 aliphatic carbocycles. The Kier molecular flexibility index (Phi) is 8.98. The Bertz CT molecular complexity index is 1130. The van der Waals surface area contributed by atoms with Crippen LogP contribution in [0.2, 0.25) is 0 Å². The van der Waals surface area contributed by atoms with Crippen LogP contribution >= 0.6 is 11.8 Å². The minimum Gasteiger partial charge on any atom is -0.480 e. The molecule has 12 heteroatoms. The van der Waals surface area contributed by atoms with Crippen molar-refractivity contribution in [1.29, 1.82) is 0 Å². The number of aliphatic carboxylic acids is 2. The average molecular weight is 534 g/mol. The average Bonchev–Trinajstić information content (AvgIpc) is 2.81. The van der Waals surface area contributed by atoms with Crippen LogP contribution in [0.5, 0.6) is 5.75 Å². The van der Waals surface area contributed by atoms with Crippen molar-refractivity contribution in [2.75, 3.05) is 12.3 Å². The molecule has 0 fully saturated rings. The van der Waals surface area contributed by atoms with E-state index < -0.39 is 47.6 Å². The number of carboxylic acids is 2. The summed E-state index contributed by atoms with van der Waals surface area (Å²) in [5.41, 5.74) is 6.49. The molecular formula is C25H31N3O8S. The predicted octanol–water partition coefficient (Wildman–Crippen LogP) is 1.37. The van der Waals surface area contributed by atoms with Crippen LogP contribution in [0.25, 0.3) is 0 Å². The molecule has 11 nitrogen and oxygen atoms in total. The number of Topliss-reactive ketones (excluding diaryl/α,β-unsaturated/α-hetero) is 1. The molecule has 0 saturated carbocycles.